The van der Waals surface area contributed by atoms with Gasteiger partial charge >= 0.3 is 0 Å². The van der Waals surface area contributed by atoms with Crippen molar-refractivity contribution in [1.29, 1.82) is 0 Å². The normalized spacial score (nSPS) is 23.8. The number of allylic oxidation sites excluding steroid dienone is 1. The van der Waals surface area contributed by atoms with Gasteiger partial charge in [0.2, 0.25) is 11.8 Å². The summed E-state index contributed by atoms with van der Waals surface area (Å²) in [5.41, 5.74) is 0.0994. The molecule has 2 aromatic carbocycles. The van der Waals surface area contributed by atoms with Crippen LogP contribution in [-0.2, 0) is 25.6 Å². The predicted octanol–water partition coefficient (Wildman–Crippen LogP) is 3.38. The Morgan fingerprint density at radius 3 is 2.52 bits per heavy atom. The van der Waals surface area contributed by atoms with Crippen LogP contribution in [0.3, 0.4) is 0 Å². The number of hydrogen-bond acceptors (Lipinski definition) is 5. The first-order chi connectivity index (χ1) is 15.0. The third-order valence-electron chi connectivity index (χ3n) is 6.54. The second-order valence-electron chi connectivity index (χ2n) is 8.18. The Labute approximate surface area is 182 Å². The highest BCUT2D eigenvalue weighted by molar-refractivity contribution is 6.10. The summed E-state index contributed by atoms with van der Waals surface area (Å²) in [4.78, 5) is 28.2. The van der Waals surface area contributed by atoms with Gasteiger partial charge in [0.15, 0.2) is 11.5 Å². The minimum atomic E-state index is -1.05. The van der Waals surface area contributed by atoms with Crippen LogP contribution in [0, 0.1) is 11.3 Å². The molecule has 1 aliphatic carbocycles. The molecule has 0 aromatic heterocycles. The molecule has 6 nitrogen and oxygen atoms in total. The first kappa shape index (κ1) is 21.1. The maximum Gasteiger partial charge on any atom is 0.239 e. The topological polar surface area (TPSA) is 67.9 Å². The summed E-state index contributed by atoms with van der Waals surface area (Å²) in [5.74, 6) is -0.529. The molecular weight excluding hydrogens is 392 g/mol. The van der Waals surface area contributed by atoms with Gasteiger partial charge in [0, 0.05) is 12.6 Å². The smallest absolute Gasteiger partial charge is 0.239 e. The number of rotatable bonds is 7. The minimum Gasteiger partial charge on any atom is -0.496 e. The molecule has 31 heavy (non-hydrogen) atoms. The van der Waals surface area contributed by atoms with Crippen molar-refractivity contribution in [3.05, 3.63) is 71.7 Å². The number of nitrogens with one attached hydrogen (secondary N) is 1. The van der Waals surface area contributed by atoms with Gasteiger partial charge in [-0.2, -0.15) is 0 Å². The van der Waals surface area contributed by atoms with Gasteiger partial charge in [0.05, 0.1) is 14.2 Å². The van der Waals surface area contributed by atoms with Crippen molar-refractivity contribution < 1.29 is 19.1 Å². The van der Waals surface area contributed by atoms with Gasteiger partial charge in [-0.3, -0.25) is 19.8 Å². The monoisotopic (exact) mass is 420 g/mol. The average molecular weight is 421 g/mol. The van der Waals surface area contributed by atoms with E-state index in [9.17, 15) is 9.59 Å². The summed E-state index contributed by atoms with van der Waals surface area (Å²) in [6, 6.07) is 14.4. The summed E-state index contributed by atoms with van der Waals surface area (Å²) in [5, 5.41) is 4.91. The fraction of sp³-hybridized carbons (Fsp3) is 0.360. The van der Waals surface area contributed by atoms with Crippen LogP contribution in [0.4, 0.5) is 0 Å². The lowest BCUT2D eigenvalue weighted by atomic mass is 9.66. The van der Waals surface area contributed by atoms with E-state index in [2.05, 4.69) is 40.5 Å². The molecule has 2 aliphatic rings. The van der Waals surface area contributed by atoms with E-state index in [0.717, 1.165) is 5.56 Å². The van der Waals surface area contributed by atoms with Gasteiger partial charge < -0.3 is 9.47 Å². The SMILES string of the molecule is CCC(N(C)Cc1ccc2ccccc2c1)C12C=CC(OC)=C(OC)C1C(=O)NC2=O. The van der Waals surface area contributed by atoms with Crippen LogP contribution in [0.5, 0.6) is 0 Å². The van der Waals surface area contributed by atoms with Gasteiger partial charge in [-0.05, 0) is 41.9 Å². The zero-order chi connectivity index (χ0) is 22.2. The Morgan fingerprint density at radius 1 is 1.10 bits per heavy atom. The maximum atomic E-state index is 13.2. The Balaban J connectivity index is 1.70. The molecule has 1 fully saturated rings. The molecule has 0 bridgehead atoms. The lowest BCUT2D eigenvalue weighted by molar-refractivity contribution is -0.130. The quantitative estimate of drug-likeness (QED) is 0.696. The first-order valence-electron chi connectivity index (χ1n) is 10.5. The van der Waals surface area contributed by atoms with Gasteiger partial charge in [-0.1, -0.05) is 49.4 Å². The average Bonchev–Trinajstić information content (AvgIpc) is 3.03. The third-order valence-corrected chi connectivity index (χ3v) is 6.54. The number of ether oxygens (including phenoxy) is 2. The van der Waals surface area contributed by atoms with Crippen LogP contribution in [0.15, 0.2) is 66.1 Å². The summed E-state index contributed by atoms with van der Waals surface area (Å²) in [6.45, 7) is 2.69. The van der Waals surface area contributed by atoms with E-state index in [1.54, 1.807) is 6.08 Å². The number of methoxy groups -OCH3 is 2. The molecule has 162 valence electrons. The van der Waals surface area contributed by atoms with Gasteiger partial charge in [0.25, 0.3) is 0 Å². The summed E-state index contributed by atoms with van der Waals surface area (Å²) >= 11 is 0. The second-order valence-corrected chi connectivity index (χ2v) is 8.18. The third kappa shape index (κ3) is 3.31. The summed E-state index contributed by atoms with van der Waals surface area (Å²) in [7, 11) is 5.04. The molecule has 2 amide bonds. The number of amides is 2. The number of benzene rings is 2. The van der Waals surface area contributed by atoms with Gasteiger partial charge in [-0.25, -0.2) is 0 Å². The van der Waals surface area contributed by atoms with Crippen LogP contribution in [0.25, 0.3) is 10.8 Å². The molecule has 0 radical (unpaired) electrons. The van der Waals surface area contributed by atoms with Crippen molar-refractivity contribution in [2.24, 2.45) is 11.3 Å². The highest BCUT2D eigenvalue weighted by Gasteiger charge is 2.62. The molecule has 3 atom stereocenters. The minimum absolute atomic E-state index is 0.213. The van der Waals surface area contributed by atoms with E-state index >= 15 is 0 Å². The van der Waals surface area contributed by atoms with Gasteiger partial charge in [-0.15, -0.1) is 0 Å². The van der Waals surface area contributed by atoms with E-state index in [1.807, 2.05) is 32.2 Å². The molecule has 6 heteroatoms. The van der Waals surface area contributed by atoms with Crippen LogP contribution in [0.1, 0.15) is 18.9 Å². The van der Waals surface area contributed by atoms with Crippen LogP contribution in [0.2, 0.25) is 0 Å². The molecule has 1 N–H and O–H groups in total. The second kappa shape index (κ2) is 8.19. The molecule has 4 rings (SSSR count). The fourth-order valence-corrected chi connectivity index (χ4v) is 5.18. The zero-order valence-corrected chi connectivity index (χ0v) is 18.3. The van der Waals surface area contributed by atoms with Crippen molar-refractivity contribution in [2.75, 3.05) is 21.3 Å². The Hall–Kier alpha value is -3.12. The van der Waals surface area contributed by atoms with Crippen LogP contribution >= 0.6 is 0 Å². The number of imide groups is 1. The lowest BCUT2D eigenvalue weighted by Crippen LogP contribution is -2.53. The molecule has 3 unspecified atom stereocenters. The van der Waals surface area contributed by atoms with E-state index in [4.69, 9.17) is 9.47 Å². The molecular formula is C25H28N2O4. The first-order valence-corrected chi connectivity index (χ1v) is 10.5. The fourth-order valence-electron chi connectivity index (χ4n) is 5.18. The molecule has 2 aromatic rings. The van der Waals surface area contributed by atoms with E-state index in [1.165, 1.54) is 25.0 Å². The lowest BCUT2D eigenvalue weighted by Gasteiger charge is -2.43. The summed E-state index contributed by atoms with van der Waals surface area (Å²) in [6.07, 6.45) is 4.26. The number of fused-ring (bicyclic) bond motifs is 2. The number of hydrogen-bond donors (Lipinski definition) is 1. The van der Waals surface area contributed by atoms with Crippen molar-refractivity contribution in [2.45, 2.75) is 25.9 Å². The number of nitrogens with zero attached hydrogens (tertiary/aromatic N) is 1. The van der Waals surface area contributed by atoms with Crippen LogP contribution in [-0.4, -0.2) is 44.0 Å². The highest BCUT2D eigenvalue weighted by Crippen LogP contribution is 2.49. The van der Waals surface area contributed by atoms with Crippen molar-refractivity contribution >= 4 is 22.6 Å². The highest BCUT2D eigenvalue weighted by atomic mass is 16.5. The zero-order valence-electron chi connectivity index (χ0n) is 18.3. The Morgan fingerprint density at radius 2 is 1.84 bits per heavy atom. The molecule has 0 spiro atoms. The van der Waals surface area contributed by atoms with Crippen molar-refractivity contribution in [3.63, 3.8) is 0 Å². The molecule has 1 heterocycles. The largest absolute Gasteiger partial charge is 0.496 e. The predicted molar refractivity (Wildman–Crippen MR) is 119 cm³/mol. The van der Waals surface area contributed by atoms with Crippen LogP contribution < -0.4 is 5.32 Å². The molecule has 1 aliphatic heterocycles. The molecule has 1 saturated heterocycles. The Kier molecular flexibility index (Phi) is 5.58. The molecule has 0 saturated carbocycles. The van der Waals surface area contributed by atoms with Gasteiger partial charge in [0.1, 0.15) is 11.3 Å². The van der Waals surface area contributed by atoms with E-state index < -0.39 is 11.3 Å². The number of carbonyl (C=O) groups is 2. The van der Waals surface area contributed by atoms with Crippen molar-refractivity contribution in [3.8, 4) is 0 Å². The maximum absolute atomic E-state index is 13.2. The standard InChI is InChI=1S/C25H28N2O4/c1-5-20(27(2)15-16-10-11-17-8-6-7-9-18(17)14-16)25-13-12-19(30-3)22(31-4)21(25)23(28)26-24(25)29/h6-14,20-21H,5,15H2,1-4H3,(H,26,28,29). The Bertz CT molecular complexity index is 1090. The van der Waals surface area contributed by atoms with E-state index in [0.29, 0.717) is 24.5 Å². The van der Waals surface area contributed by atoms with Crippen molar-refractivity contribution in [1.82, 2.24) is 10.2 Å². The number of carbonyl (C=O) groups excluding carboxylic acids is 2. The summed E-state index contributed by atoms with van der Waals surface area (Å²) < 4.78 is 11.0. The van der Waals surface area contributed by atoms with E-state index in [-0.39, 0.29) is 17.9 Å².